The van der Waals surface area contributed by atoms with Crippen molar-refractivity contribution in [2.24, 2.45) is 0 Å². The van der Waals surface area contributed by atoms with Crippen molar-refractivity contribution in [3.05, 3.63) is 65.9 Å². The predicted octanol–water partition coefficient (Wildman–Crippen LogP) is 4.41. The lowest BCUT2D eigenvalue weighted by atomic mass is 9.99. The number of hydrogen-bond acceptors (Lipinski definition) is 7. The highest BCUT2D eigenvalue weighted by Gasteiger charge is 2.46. The van der Waals surface area contributed by atoms with Gasteiger partial charge in [-0.2, -0.15) is 13.2 Å². The minimum absolute atomic E-state index is 0.0390. The van der Waals surface area contributed by atoms with Crippen molar-refractivity contribution in [2.45, 2.75) is 64.1 Å². The lowest BCUT2D eigenvalue weighted by Crippen LogP contribution is -2.45. The van der Waals surface area contributed by atoms with Crippen LogP contribution in [0.15, 0.2) is 54.7 Å². The van der Waals surface area contributed by atoms with Gasteiger partial charge in [-0.1, -0.05) is 29.5 Å². The van der Waals surface area contributed by atoms with Gasteiger partial charge in [0.2, 0.25) is 0 Å². The van der Waals surface area contributed by atoms with Gasteiger partial charge in [-0.15, -0.1) is 5.10 Å². The van der Waals surface area contributed by atoms with E-state index in [1.54, 1.807) is 39.1 Å². The van der Waals surface area contributed by atoms with Crippen molar-refractivity contribution in [3.8, 4) is 16.9 Å². The first-order valence-corrected chi connectivity index (χ1v) is 12.3. The number of halogens is 3. The molecule has 3 atom stereocenters. The highest BCUT2D eigenvalue weighted by Crippen LogP contribution is 2.30. The van der Waals surface area contributed by atoms with Crippen molar-refractivity contribution in [1.82, 2.24) is 19.9 Å². The molecule has 1 aliphatic rings. The van der Waals surface area contributed by atoms with Crippen LogP contribution in [0.5, 0.6) is 0 Å². The summed E-state index contributed by atoms with van der Waals surface area (Å²) in [4.78, 5) is 25.9. The second-order valence-corrected chi connectivity index (χ2v) is 10.3. The van der Waals surface area contributed by atoms with Crippen LogP contribution in [0.2, 0.25) is 0 Å². The quantitative estimate of drug-likeness (QED) is 0.473. The number of carbonyl (C=O) groups excluding carboxylic acids is 2. The van der Waals surface area contributed by atoms with Gasteiger partial charge in [-0.25, -0.2) is 9.48 Å². The lowest BCUT2D eigenvalue weighted by Gasteiger charge is -2.30. The molecule has 2 aromatic carbocycles. The van der Waals surface area contributed by atoms with Gasteiger partial charge in [0.15, 0.2) is 0 Å². The number of rotatable bonds is 5. The second-order valence-electron chi connectivity index (χ2n) is 10.3. The molecule has 1 amide bonds. The molecule has 4 rings (SSSR count). The summed E-state index contributed by atoms with van der Waals surface area (Å²) in [5.41, 5.74) is 0.953. The Hall–Kier alpha value is -3.93. The summed E-state index contributed by atoms with van der Waals surface area (Å²) < 4.78 is 50.7. The summed E-state index contributed by atoms with van der Waals surface area (Å²) in [5, 5.41) is 18.7. The van der Waals surface area contributed by atoms with Crippen molar-refractivity contribution in [2.75, 3.05) is 6.54 Å². The smallest absolute Gasteiger partial charge is 0.416 e. The highest BCUT2D eigenvalue weighted by atomic mass is 19.4. The van der Waals surface area contributed by atoms with Gasteiger partial charge in [-0.3, -0.25) is 9.69 Å². The van der Waals surface area contributed by atoms with E-state index in [1.807, 2.05) is 12.1 Å². The van der Waals surface area contributed by atoms with E-state index in [2.05, 4.69) is 10.3 Å². The van der Waals surface area contributed by atoms with Gasteiger partial charge in [0.05, 0.1) is 30.0 Å². The molecule has 9 nitrogen and oxygen atoms in total. The van der Waals surface area contributed by atoms with Crippen LogP contribution >= 0.6 is 0 Å². The SMILES string of the molecule is CC(=O)O[C@H]1[C@@H](Cc2ccc(-c3cn(-c4ccc(C(F)(F)F)cc4)nn3)cc2)N(C(=O)OC(C)(C)C)C[C@@H]1O. The topological polar surface area (TPSA) is 107 Å². The molecule has 1 N–H and O–H groups in total. The van der Waals surface area contributed by atoms with Crippen molar-refractivity contribution in [1.29, 1.82) is 0 Å². The Kier molecular flexibility index (Phi) is 7.69. The van der Waals surface area contributed by atoms with Crippen LogP contribution in [0.3, 0.4) is 0 Å². The third kappa shape index (κ3) is 6.75. The number of β-amino-alcohol motifs (C(OH)–C–C–N with tert-alkyl or cyclic N) is 1. The van der Waals surface area contributed by atoms with Crippen LogP contribution in [0.4, 0.5) is 18.0 Å². The second kappa shape index (κ2) is 10.7. The minimum atomic E-state index is -4.42. The van der Waals surface area contributed by atoms with Gasteiger partial charge >= 0.3 is 18.2 Å². The van der Waals surface area contributed by atoms with Crippen molar-refractivity contribution >= 4 is 12.1 Å². The first-order chi connectivity index (χ1) is 18.2. The van der Waals surface area contributed by atoms with Crippen LogP contribution in [-0.4, -0.2) is 67.5 Å². The Morgan fingerprint density at radius 2 is 1.69 bits per heavy atom. The summed E-state index contributed by atoms with van der Waals surface area (Å²) in [7, 11) is 0. The molecular formula is C27H29F3N4O5. The van der Waals surface area contributed by atoms with Gasteiger partial charge in [0.1, 0.15) is 23.5 Å². The molecule has 0 aliphatic carbocycles. The zero-order chi connectivity index (χ0) is 28.5. The predicted molar refractivity (Wildman–Crippen MR) is 134 cm³/mol. The fraction of sp³-hybridized carbons (Fsp3) is 0.407. The standard InChI is InChI=1S/C27H29F3N4O5/c1-16(35)38-24-22(33(15-23(24)36)25(37)39-26(2,3)4)13-17-5-7-18(8-6-17)21-14-34(32-31-21)20-11-9-19(10-12-20)27(28,29)30/h5-12,14,22-24,36H,13,15H2,1-4H3/t22-,23+,24+/m1/s1. The molecule has 12 heteroatoms. The average molecular weight is 547 g/mol. The van der Waals surface area contributed by atoms with Crippen molar-refractivity contribution < 1.29 is 37.3 Å². The maximum atomic E-state index is 12.8. The third-order valence-corrected chi connectivity index (χ3v) is 6.12. The monoisotopic (exact) mass is 546 g/mol. The molecule has 1 fully saturated rings. The minimum Gasteiger partial charge on any atom is -0.457 e. The van der Waals surface area contributed by atoms with E-state index in [4.69, 9.17) is 9.47 Å². The van der Waals surface area contributed by atoms with Gasteiger partial charge in [-0.05, 0) is 57.0 Å². The lowest BCUT2D eigenvalue weighted by molar-refractivity contribution is -0.151. The molecule has 0 unspecified atom stereocenters. The van der Waals surface area contributed by atoms with Crippen LogP contribution in [0, 0.1) is 0 Å². The number of amides is 1. The Morgan fingerprint density at radius 3 is 2.26 bits per heavy atom. The number of esters is 1. The van der Waals surface area contributed by atoms with Gasteiger partial charge in [0, 0.05) is 12.5 Å². The van der Waals surface area contributed by atoms with Crippen LogP contribution < -0.4 is 0 Å². The fourth-order valence-corrected chi connectivity index (χ4v) is 4.36. The molecule has 0 spiro atoms. The van der Waals surface area contributed by atoms with E-state index in [-0.39, 0.29) is 13.0 Å². The van der Waals surface area contributed by atoms with E-state index in [0.29, 0.717) is 16.9 Å². The van der Waals surface area contributed by atoms with Gasteiger partial charge < -0.3 is 14.6 Å². The summed E-state index contributed by atoms with van der Waals surface area (Å²) in [6, 6.07) is 11.2. The number of likely N-dealkylation sites (tertiary alicyclic amines) is 1. The molecule has 1 aliphatic heterocycles. The molecule has 208 valence electrons. The van der Waals surface area contributed by atoms with Crippen LogP contribution in [-0.2, 0) is 26.9 Å². The molecule has 39 heavy (non-hydrogen) atoms. The highest BCUT2D eigenvalue weighted by molar-refractivity contribution is 5.70. The number of nitrogens with zero attached hydrogens (tertiary/aromatic N) is 4. The first-order valence-electron chi connectivity index (χ1n) is 12.3. The fourth-order valence-electron chi connectivity index (χ4n) is 4.36. The summed E-state index contributed by atoms with van der Waals surface area (Å²) in [5.74, 6) is -0.568. The molecule has 0 bridgehead atoms. The summed E-state index contributed by atoms with van der Waals surface area (Å²) >= 11 is 0. The molecule has 0 saturated carbocycles. The van der Waals surface area contributed by atoms with E-state index in [0.717, 1.165) is 17.7 Å². The summed E-state index contributed by atoms with van der Waals surface area (Å²) in [6.45, 7) is 6.42. The molecule has 1 aromatic heterocycles. The Labute approximate surface area is 223 Å². The van der Waals surface area contributed by atoms with E-state index < -0.39 is 47.7 Å². The van der Waals surface area contributed by atoms with Crippen LogP contribution in [0.1, 0.15) is 38.8 Å². The third-order valence-electron chi connectivity index (χ3n) is 6.12. The molecule has 3 aromatic rings. The number of hydrogen-bond donors (Lipinski definition) is 1. The number of aliphatic hydroxyl groups excluding tert-OH is 1. The van der Waals surface area contributed by atoms with E-state index in [1.165, 1.54) is 28.6 Å². The number of aliphatic hydroxyl groups is 1. The van der Waals surface area contributed by atoms with E-state index in [9.17, 15) is 27.9 Å². The van der Waals surface area contributed by atoms with E-state index >= 15 is 0 Å². The molecular weight excluding hydrogens is 517 g/mol. The maximum absolute atomic E-state index is 12.8. The van der Waals surface area contributed by atoms with Gasteiger partial charge in [0.25, 0.3) is 0 Å². The zero-order valence-corrected chi connectivity index (χ0v) is 21.8. The molecule has 0 radical (unpaired) electrons. The first kappa shape index (κ1) is 28.1. The Morgan fingerprint density at radius 1 is 1.05 bits per heavy atom. The number of alkyl halides is 3. The average Bonchev–Trinajstić information content (AvgIpc) is 3.44. The molecule has 2 heterocycles. The summed E-state index contributed by atoms with van der Waals surface area (Å²) in [6.07, 6.45) is -5.13. The Bertz CT molecular complexity index is 1320. The normalized spacial score (nSPS) is 19.7. The number of carbonyl (C=O) groups is 2. The van der Waals surface area contributed by atoms with Crippen molar-refractivity contribution in [3.63, 3.8) is 0 Å². The Balaban J connectivity index is 1.51. The number of ether oxygens (including phenoxy) is 2. The zero-order valence-electron chi connectivity index (χ0n) is 21.8. The van der Waals surface area contributed by atoms with Crippen LogP contribution in [0.25, 0.3) is 16.9 Å². The molecule has 1 saturated heterocycles. The largest absolute Gasteiger partial charge is 0.457 e. The number of aromatic nitrogens is 3. The number of benzene rings is 2. The maximum Gasteiger partial charge on any atom is 0.416 e.